The molecule has 2 saturated carbocycles. The van der Waals surface area contributed by atoms with Crippen molar-refractivity contribution in [3.63, 3.8) is 0 Å². The van der Waals surface area contributed by atoms with E-state index in [4.69, 9.17) is 0 Å². The van der Waals surface area contributed by atoms with Gasteiger partial charge < -0.3 is 9.47 Å². The monoisotopic (exact) mass is 648 g/mol. The molecule has 0 N–H and O–H groups in total. The van der Waals surface area contributed by atoms with Gasteiger partial charge in [0.2, 0.25) is 0 Å². The number of anilines is 2. The van der Waals surface area contributed by atoms with E-state index in [1.807, 2.05) is 0 Å². The third kappa shape index (κ3) is 4.08. The minimum Gasteiger partial charge on any atom is -0.329 e. The fourth-order valence-electron chi connectivity index (χ4n) is 11.0. The zero-order chi connectivity index (χ0) is 32.8. The van der Waals surface area contributed by atoms with E-state index in [-0.39, 0.29) is 12.0 Å². The highest BCUT2D eigenvalue weighted by molar-refractivity contribution is 6.22. The van der Waals surface area contributed by atoms with Gasteiger partial charge in [-0.05, 0) is 101 Å². The number of nitrogens with zero attached hydrogens (tertiary/aromatic N) is 2. The molecule has 1 aromatic heterocycles. The molecule has 0 bridgehead atoms. The molecule has 2 nitrogen and oxygen atoms in total. The molecule has 246 valence electrons. The van der Waals surface area contributed by atoms with Crippen molar-refractivity contribution in [1.82, 2.24) is 4.57 Å². The summed E-state index contributed by atoms with van der Waals surface area (Å²) in [5, 5.41) is 2.76. The van der Waals surface area contributed by atoms with E-state index in [2.05, 4.69) is 131 Å². The molecule has 2 unspecified atom stereocenters. The van der Waals surface area contributed by atoms with Crippen LogP contribution in [0.3, 0.4) is 0 Å². The fraction of sp³-hybridized carbons (Fsp3) is 0.292. The van der Waals surface area contributed by atoms with E-state index < -0.39 is 0 Å². The number of hydrogen-bond donors (Lipinski definition) is 0. The third-order valence-electron chi connectivity index (χ3n) is 13.1. The molecule has 0 saturated heterocycles. The molecular formula is C48H44N2. The van der Waals surface area contributed by atoms with Gasteiger partial charge in [-0.2, -0.15) is 0 Å². The van der Waals surface area contributed by atoms with Crippen LogP contribution in [-0.2, 0) is 0 Å². The van der Waals surface area contributed by atoms with Crippen LogP contribution >= 0.6 is 0 Å². The molecule has 50 heavy (non-hydrogen) atoms. The Morgan fingerprint density at radius 1 is 0.480 bits per heavy atom. The maximum atomic E-state index is 2.72. The molecule has 11 rings (SSSR count). The summed E-state index contributed by atoms with van der Waals surface area (Å²) in [6.45, 7) is 0. The highest BCUT2D eigenvalue weighted by Gasteiger charge is 2.49. The zero-order valence-corrected chi connectivity index (χ0v) is 28.8. The average molecular weight is 649 g/mol. The largest absolute Gasteiger partial charge is 0.329 e. The number of allylic oxidation sites excluding steroid dienone is 2. The Hall–Kier alpha value is -4.82. The van der Waals surface area contributed by atoms with E-state index >= 15 is 0 Å². The van der Waals surface area contributed by atoms with Crippen LogP contribution in [0.5, 0.6) is 0 Å². The molecule has 3 aliphatic carbocycles. The lowest BCUT2D eigenvalue weighted by atomic mass is 9.74. The first-order valence-electron chi connectivity index (χ1n) is 19.4. The second-order valence-electron chi connectivity index (χ2n) is 15.6. The predicted octanol–water partition coefficient (Wildman–Crippen LogP) is 13.1. The standard InChI is InChI=1S/C48H44N2/c1-3-15-31(16-4-1)33-19-7-9-21-35(33)37-27-29-43-47-45(37)39-23-11-13-25-41(39)49(47)44-30-28-38(46-40-24-12-14-26-42(40)50(43)48(44)46)36-22-10-8-20-34(36)32-17-5-2-6-18-32/h7-14,19-32,45,47H,1-6,15-18H2. The molecule has 0 radical (unpaired) electrons. The first-order chi connectivity index (χ1) is 24.9. The van der Waals surface area contributed by atoms with Gasteiger partial charge >= 0.3 is 0 Å². The predicted molar refractivity (Wildman–Crippen MR) is 210 cm³/mol. The molecular weight excluding hydrogens is 605 g/mol. The molecule has 2 heteroatoms. The second kappa shape index (κ2) is 11.4. The maximum absolute atomic E-state index is 2.72. The smallest absolute Gasteiger partial charge is 0.0857 e. The van der Waals surface area contributed by atoms with Gasteiger partial charge in [-0.15, -0.1) is 0 Å². The van der Waals surface area contributed by atoms with Crippen molar-refractivity contribution in [3.05, 3.63) is 144 Å². The zero-order valence-electron chi connectivity index (χ0n) is 28.8. The average Bonchev–Trinajstić information content (AvgIpc) is 3.73. The summed E-state index contributed by atoms with van der Waals surface area (Å²) in [6, 6.07) is 42.4. The number of benzene rings is 5. The van der Waals surface area contributed by atoms with Crippen LogP contribution in [0, 0.1) is 0 Å². The van der Waals surface area contributed by atoms with Gasteiger partial charge in [0.15, 0.2) is 0 Å². The van der Waals surface area contributed by atoms with E-state index in [9.17, 15) is 0 Å². The molecule has 5 aromatic carbocycles. The highest BCUT2D eigenvalue weighted by Crippen LogP contribution is 2.61. The number of rotatable bonds is 4. The van der Waals surface area contributed by atoms with Gasteiger partial charge in [0.05, 0.1) is 22.8 Å². The van der Waals surface area contributed by atoms with Crippen LogP contribution in [0.1, 0.15) is 104 Å². The molecule has 0 amide bonds. The highest BCUT2D eigenvalue weighted by atomic mass is 15.3. The molecule has 2 aliphatic heterocycles. The van der Waals surface area contributed by atoms with Gasteiger partial charge in [0.25, 0.3) is 0 Å². The number of fused-ring (bicyclic) bond motifs is 8. The normalized spacial score (nSPS) is 21.6. The third-order valence-corrected chi connectivity index (χ3v) is 13.1. The van der Waals surface area contributed by atoms with E-state index in [1.54, 1.807) is 11.1 Å². The molecule has 0 spiro atoms. The SMILES string of the molecule is C1=C(c2ccccc2C2CCCCC2)C2c3ccccc3N3c4ccc(-c5ccccc5C5CCCCC5)c5c6ccccc6n(c45)C(=C1)C23. The Kier molecular flexibility index (Phi) is 6.58. The summed E-state index contributed by atoms with van der Waals surface area (Å²) < 4.78 is 2.66. The van der Waals surface area contributed by atoms with E-state index in [0.29, 0.717) is 11.8 Å². The van der Waals surface area contributed by atoms with Gasteiger partial charge in [-0.3, -0.25) is 0 Å². The Morgan fingerprint density at radius 3 is 1.86 bits per heavy atom. The summed E-state index contributed by atoms with van der Waals surface area (Å²) in [4.78, 5) is 2.72. The molecule has 3 heterocycles. The Labute approximate surface area is 295 Å². The quantitative estimate of drug-likeness (QED) is 0.185. The first-order valence-corrected chi connectivity index (χ1v) is 19.4. The number of para-hydroxylation sites is 2. The van der Waals surface area contributed by atoms with Gasteiger partial charge in [0, 0.05) is 28.1 Å². The number of hydrogen-bond acceptors (Lipinski definition) is 1. The Bertz CT molecular complexity index is 2370. The van der Waals surface area contributed by atoms with Crippen molar-refractivity contribution in [3.8, 4) is 11.1 Å². The molecule has 2 fully saturated rings. The summed E-state index contributed by atoms with van der Waals surface area (Å²) in [6.07, 6.45) is 18.4. The van der Waals surface area contributed by atoms with Gasteiger partial charge in [0.1, 0.15) is 0 Å². The van der Waals surface area contributed by atoms with Crippen molar-refractivity contribution in [2.45, 2.75) is 88.0 Å². The fourth-order valence-corrected chi connectivity index (χ4v) is 11.0. The second-order valence-corrected chi connectivity index (χ2v) is 15.6. The minimum atomic E-state index is 0.207. The van der Waals surface area contributed by atoms with Crippen LogP contribution in [0.2, 0.25) is 0 Å². The lowest BCUT2D eigenvalue weighted by Crippen LogP contribution is -2.38. The molecule has 2 atom stereocenters. The lowest BCUT2D eigenvalue weighted by Gasteiger charge is -2.41. The summed E-state index contributed by atoms with van der Waals surface area (Å²) in [5.74, 6) is 1.58. The molecule has 5 aliphatic rings. The van der Waals surface area contributed by atoms with Crippen LogP contribution < -0.4 is 4.90 Å². The van der Waals surface area contributed by atoms with E-state index in [1.165, 1.54) is 131 Å². The Morgan fingerprint density at radius 2 is 1.10 bits per heavy atom. The Balaban J connectivity index is 1.18. The van der Waals surface area contributed by atoms with Gasteiger partial charge in [-0.25, -0.2) is 0 Å². The van der Waals surface area contributed by atoms with Crippen LogP contribution in [0.15, 0.2) is 121 Å². The lowest BCUT2D eigenvalue weighted by molar-refractivity contribution is 0.443. The van der Waals surface area contributed by atoms with Crippen LogP contribution in [0.25, 0.3) is 44.2 Å². The molecule has 6 aromatic rings. The number of aromatic nitrogens is 1. The van der Waals surface area contributed by atoms with Crippen LogP contribution in [0.4, 0.5) is 11.4 Å². The maximum Gasteiger partial charge on any atom is 0.0857 e. The van der Waals surface area contributed by atoms with Gasteiger partial charge in [-0.1, -0.05) is 136 Å². The topological polar surface area (TPSA) is 8.17 Å². The summed E-state index contributed by atoms with van der Waals surface area (Å²) in [5.41, 5.74) is 17.1. The summed E-state index contributed by atoms with van der Waals surface area (Å²) >= 11 is 0. The van der Waals surface area contributed by atoms with Crippen molar-refractivity contribution in [2.24, 2.45) is 0 Å². The first kappa shape index (κ1) is 29.0. The van der Waals surface area contributed by atoms with Crippen molar-refractivity contribution in [2.75, 3.05) is 4.90 Å². The minimum absolute atomic E-state index is 0.207. The van der Waals surface area contributed by atoms with Crippen LogP contribution in [-0.4, -0.2) is 10.6 Å². The summed E-state index contributed by atoms with van der Waals surface area (Å²) in [7, 11) is 0. The van der Waals surface area contributed by atoms with Crippen molar-refractivity contribution in [1.29, 1.82) is 0 Å². The van der Waals surface area contributed by atoms with Crippen molar-refractivity contribution >= 4 is 44.5 Å². The van der Waals surface area contributed by atoms with Crippen molar-refractivity contribution < 1.29 is 0 Å². The van der Waals surface area contributed by atoms with E-state index in [0.717, 1.165) is 0 Å².